The Bertz CT molecular complexity index is 898. The van der Waals surface area contributed by atoms with Crippen LogP contribution in [0.15, 0.2) is 22.9 Å². The molecule has 3 rings (SSSR count). The first-order valence-electron chi connectivity index (χ1n) is 6.93. The zero-order valence-electron chi connectivity index (χ0n) is 12.8. The van der Waals surface area contributed by atoms with Crippen LogP contribution in [0.2, 0.25) is 0 Å². The molecule has 124 valence electrons. The van der Waals surface area contributed by atoms with Crippen LogP contribution in [0, 0.1) is 24.0 Å². The fraction of sp³-hybridized carbons (Fsp3) is 0.214. The fourth-order valence-corrected chi connectivity index (χ4v) is 3.76. The second-order valence-electron chi connectivity index (χ2n) is 5.00. The zero-order valence-corrected chi connectivity index (χ0v) is 14.5. The van der Waals surface area contributed by atoms with Gasteiger partial charge in [-0.25, -0.2) is 4.98 Å². The third-order valence-electron chi connectivity index (χ3n) is 3.34. The van der Waals surface area contributed by atoms with Crippen molar-refractivity contribution in [3.8, 4) is 10.6 Å². The minimum atomic E-state index is -0.486. The van der Waals surface area contributed by atoms with Crippen molar-refractivity contribution in [3.05, 3.63) is 44.4 Å². The molecule has 0 fully saturated rings. The van der Waals surface area contributed by atoms with Crippen molar-refractivity contribution in [2.75, 3.05) is 5.32 Å². The van der Waals surface area contributed by atoms with Gasteiger partial charge in [0.2, 0.25) is 5.91 Å². The van der Waals surface area contributed by atoms with E-state index in [1.165, 1.54) is 16.0 Å². The highest BCUT2D eigenvalue weighted by molar-refractivity contribution is 7.16. The Morgan fingerprint density at radius 2 is 2.21 bits per heavy atom. The SMILES string of the molecule is Cc1nn(CC(=O)Nc2nc(-c3cccs3)cs2)c(C)c1[N+](=O)[O-]. The van der Waals surface area contributed by atoms with E-state index >= 15 is 0 Å². The van der Waals surface area contributed by atoms with Gasteiger partial charge in [0.25, 0.3) is 0 Å². The third-order valence-corrected chi connectivity index (χ3v) is 4.99. The van der Waals surface area contributed by atoms with E-state index in [9.17, 15) is 14.9 Å². The van der Waals surface area contributed by atoms with Crippen molar-refractivity contribution in [2.45, 2.75) is 20.4 Å². The van der Waals surface area contributed by atoms with Gasteiger partial charge >= 0.3 is 5.69 Å². The molecule has 3 aromatic heterocycles. The molecule has 0 spiro atoms. The van der Waals surface area contributed by atoms with E-state index in [0.717, 1.165) is 10.6 Å². The summed E-state index contributed by atoms with van der Waals surface area (Å²) in [5.74, 6) is -0.331. The molecule has 8 nitrogen and oxygen atoms in total. The molecule has 0 saturated heterocycles. The molecule has 3 heterocycles. The van der Waals surface area contributed by atoms with Gasteiger partial charge in [0, 0.05) is 5.38 Å². The lowest BCUT2D eigenvalue weighted by atomic mass is 10.3. The van der Waals surface area contributed by atoms with E-state index in [1.54, 1.807) is 25.2 Å². The van der Waals surface area contributed by atoms with Gasteiger partial charge < -0.3 is 5.32 Å². The Morgan fingerprint density at radius 1 is 1.42 bits per heavy atom. The maximum atomic E-state index is 12.1. The molecule has 10 heteroatoms. The molecule has 0 radical (unpaired) electrons. The summed E-state index contributed by atoms with van der Waals surface area (Å²) in [4.78, 5) is 28.0. The molecular formula is C14H13N5O3S2. The molecule has 1 N–H and O–H groups in total. The lowest BCUT2D eigenvalue weighted by Crippen LogP contribution is -2.20. The number of aromatic nitrogens is 3. The first kappa shape index (κ1) is 16.3. The van der Waals surface area contributed by atoms with E-state index in [4.69, 9.17) is 0 Å². The number of aryl methyl sites for hydroxylation is 1. The number of carbonyl (C=O) groups excluding carboxylic acids is 1. The van der Waals surface area contributed by atoms with Crippen molar-refractivity contribution in [1.82, 2.24) is 14.8 Å². The van der Waals surface area contributed by atoms with Crippen LogP contribution in [0.25, 0.3) is 10.6 Å². The van der Waals surface area contributed by atoms with Crippen LogP contribution in [-0.2, 0) is 11.3 Å². The first-order valence-corrected chi connectivity index (χ1v) is 8.69. The summed E-state index contributed by atoms with van der Waals surface area (Å²) in [6, 6.07) is 3.90. The van der Waals surface area contributed by atoms with Crippen molar-refractivity contribution in [1.29, 1.82) is 0 Å². The summed E-state index contributed by atoms with van der Waals surface area (Å²) in [5.41, 5.74) is 1.40. The summed E-state index contributed by atoms with van der Waals surface area (Å²) < 4.78 is 1.33. The number of thiophene rings is 1. The van der Waals surface area contributed by atoms with Crippen LogP contribution in [0.3, 0.4) is 0 Å². The molecule has 0 atom stereocenters. The highest BCUT2D eigenvalue weighted by Crippen LogP contribution is 2.28. The minimum absolute atomic E-state index is 0.0583. The quantitative estimate of drug-likeness (QED) is 0.554. The predicted molar refractivity (Wildman–Crippen MR) is 92.4 cm³/mol. The zero-order chi connectivity index (χ0) is 17.3. The summed E-state index contributed by atoms with van der Waals surface area (Å²) in [6.07, 6.45) is 0. The van der Waals surface area contributed by atoms with Crippen LogP contribution >= 0.6 is 22.7 Å². The molecule has 0 aliphatic carbocycles. The van der Waals surface area contributed by atoms with Crippen molar-refractivity contribution < 1.29 is 9.72 Å². The van der Waals surface area contributed by atoms with Gasteiger partial charge in [0.15, 0.2) is 5.13 Å². The number of rotatable bonds is 5. The lowest BCUT2D eigenvalue weighted by Gasteiger charge is -2.03. The highest BCUT2D eigenvalue weighted by atomic mass is 32.1. The number of nitrogens with zero attached hydrogens (tertiary/aromatic N) is 4. The van der Waals surface area contributed by atoms with E-state index < -0.39 is 4.92 Å². The molecule has 0 saturated carbocycles. The molecule has 0 aromatic carbocycles. The number of nitrogens with one attached hydrogen (secondary N) is 1. The van der Waals surface area contributed by atoms with Gasteiger partial charge in [-0.2, -0.15) is 5.10 Å². The number of anilines is 1. The van der Waals surface area contributed by atoms with E-state index in [0.29, 0.717) is 16.5 Å². The first-order chi connectivity index (χ1) is 11.5. The molecule has 1 amide bonds. The average Bonchev–Trinajstić information content (AvgIpc) is 3.20. The number of hydrogen-bond donors (Lipinski definition) is 1. The lowest BCUT2D eigenvalue weighted by molar-refractivity contribution is -0.386. The van der Waals surface area contributed by atoms with Crippen LogP contribution < -0.4 is 5.32 Å². The van der Waals surface area contributed by atoms with E-state index in [2.05, 4.69) is 15.4 Å². The van der Waals surface area contributed by atoms with Crippen LogP contribution in [0.4, 0.5) is 10.8 Å². The molecule has 0 unspecified atom stereocenters. The summed E-state index contributed by atoms with van der Waals surface area (Å²) in [5, 5.41) is 22.1. The Labute approximate surface area is 144 Å². The van der Waals surface area contributed by atoms with Gasteiger partial charge in [-0.3, -0.25) is 19.6 Å². The van der Waals surface area contributed by atoms with E-state index in [1.807, 2.05) is 22.9 Å². The molecule has 3 aromatic rings. The highest BCUT2D eigenvalue weighted by Gasteiger charge is 2.22. The fourth-order valence-electron chi connectivity index (χ4n) is 2.27. The molecule has 24 heavy (non-hydrogen) atoms. The molecule has 0 bridgehead atoms. The van der Waals surface area contributed by atoms with Crippen molar-refractivity contribution >= 4 is 39.4 Å². The van der Waals surface area contributed by atoms with Crippen molar-refractivity contribution in [2.24, 2.45) is 0 Å². The Hall–Kier alpha value is -2.59. The summed E-state index contributed by atoms with van der Waals surface area (Å²) in [7, 11) is 0. The minimum Gasteiger partial charge on any atom is -0.300 e. The monoisotopic (exact) mass is 363 g/mol. The second-order valence-corrected chi connectivity index (χ2v) is 6.80. The summed E-state index contributed by atoms with van der Waals surface area (Å²) >= 11 is 2.90. The van der Waals surface area contributed by atoms with Crippen LogP contribution in [-0.4, -0.2) is 25.6 Å². The van der Waals surface area contributed by atoms with E-state index in [-0.39, 0.29) is 18.1 Å². The maximum Gasteiger partial charge on any atom is 0.312 e. The standard InChI is InChI=1S/C14H13N5O3S2/c1-8-13(19(21)22)9(2)18(17-8)6-12(20)16-14-15-10(7-24-14)11-4-3-5-23-11/h3-5,7H,6H2,1-2H3,(H,15,16,20). The van der Waals surface area contributed by atoms with Crippen LogP contribution in [0.1, 0.15) is 11.4 Å². The number of amides is 1. The van der Waals surface area contributed by atoms with Gasteiger partial charge in [-0.15, -0.1) is 22.7 Å². The number of thiazole rings is 1. The molecule has 0 aliphatic rings. The second kappa shape index (κ2) is 6.49. The molecular weight excluding hydrogens is 350 g/mol. The Balaban J connectivity index is 1.70. The maximum absolute atomic E-state index is 12.1. The number of carbonyl (C=O) groups is 1. The largest absolute Gasteiger partial charge is 0.312 e. The van der Waals surface area contributed by atoms with Crippen molar-refractivity contribution in [3.63, 3.8) is 0 Å². The Morgan fingerprint density at radius 3 is 2.83 bits per heavy atom. The average molecular weight is 363 g/mol. The van der Waals surface area contributed by atoms with Gasteiger partial charge in [0.1, 0.15) is 17.9 Å². The topological polar surface area (TPSA) is 103 Å². The number of hydrogen-bond acceptors (Lipinski definition) is 7. The Kier molecular flexibility index (Phi) is 4.40. The van der Waals surface area contributed by atoms with Gasteiger partial charge in [-0.05, 0) is 25.3 Å². The smallest absolute Gasteiger partial charge is 0.300 e. The van der Waals surface area contributed by atoms with Gasteiger partial charge in [0.05, 0.1) is 15.5 Å². The van der Waals surface area contributed by atoms with Gasteiger partial charge in [-0.1, -0.05) is 6.07 Å². The number of nitro groups is 1. The predicted octanol–water partition coefficient (Wildman–Crippen LogP) is 3.23. The normalized spacial score (nSPS) is 10.8. The van der Waals surface area contributed by atoms with Crippen LogP contribution in [0.5, 0.6) is 0 Å². The summed E-state index contributed by atoms with van der Waals surface area (Å²) in [6.45, 7) is 3.02. The third kappa shape index (κ3) is 3.19. The molecule has 0 aliphatic heterocycles.